The summed E-state index contributed by atoms with van der Waals surface area (Å²) in [6, 6.07) is 0. The number of carbonyl (C=O) groups is 2. The molecule has 0 aromatic heterocycles. The lowest BCUT2D eigenvalue weighted by Crippen LogP contribution is -2.39. The highest BCUT2D eigenvalue weighted by Gasteiger charge is 2.43. The van der Waals surface area contributed by atoms with E-state index in [1.807, 2.05) is 0 Å². The van der Waals surface area contributed by atoms with E-state index in [4.69, 9.17) is 0 Å². The highest BCUT2D eigenvalue weighted by molar-refractivity contribution is 5.99. The molecule has 112 valence electrons. The molecule has 0 heterocycles. The molecule has 0 aliphatic heterocycles. The highest BCUT2D eigenvalue weighted by Crippen LogP contribution is 2.24. The molecule has 0 spiro atoms. The van der Waals surface area contributed by atoms with Crippen molar-refractivity contribution in [3.8, 4) is 0 Å². The van der Waals surface area contributed by atoms with E-state index in [2.05, 4.69) is 9.47 Å². The van der Waals surface area contributed by atoms with Gasteiger partial charge in [0.2, 0.25) is 0 Å². The Hall–Kier alpha value is -1.48. The van der Waals surface area contributed by atoms with Gasteiger partial charge in [0.1, 0.15) is 0 Å². The van der Waals surface area contributed by atoms with Crippen LogP contribution in [-0.4, -0.2) is 37.5 Å². The average Bonchev–Trinajstić information content (AvgIpc) is 2.20. The summed E-state index contributed by atoms with van der Waals surface area (Å²) in [6.45, 7) is -2.29. The Labute approximate surface area is 103 Å². The zero-order valence-electron chi connectivity index (χ0n) is 9.81. The number of rotatable bonds is 4. The second-order valence-corrected chi connectivity index (χ2v) is 4.01. The number of halogens is 6. The Morgan fingerprint density at radius 3 is 1.26 bits per heavy atom. The minimum absolute atomic E-state index is 0.796. The van der Waals surface area contributed by atoms with Crippen molar-refractivity contribution >= 4 is 11.9 Å². The molecular formula is C9H10F6O4. The zero-order valence-corrected chi connectivity index (χ0v) is 9.81. The third-order valence-corrected chi connectivity index (χ3v) is 1.75. The monoisotopic (exact) mass is 296 g/mol. The van der Waals surface area contributed by atoms with Gasteiger partial charge in [-0.2, -0.15) is 26.3 Å². The van der Waals surface area contributed by atoms with Crippen LogP contribution in [0, 0.1) is 5.41 Å². The van der Waals surface area contributed by atoms with E-state index >= 15 is 0 Å². The predicted molar refractivity (Wildman–Crippen MR) is 47.8 cm³/mol. The smallest absolute Gasteiger partial charge is 0.422 e. The summed E-state index contributed by atoms with van der Waals surface area (Å²) >= 11 is 0. The molecule has 0 saturated heterocycles. The molecule has 4 nitrogen and oxygen atoms in total. The van der Waals surface area contributed by atoms with Gasteiger partial charge in [-0.1, -0.05) is 0 Å². The van der Waals surface area contributed by atoms with Crippen LogP contribution in [-0.2, 0) is 19.1 Å². The van der Waals surface area contributed by atoms with E-state index in [9.17, 15) is 35.9 Å². The minimum Gasteiger partial charge on any atom is -0.455 e. The molecule has 0 N–H and O–H groups in total. The molecular weight excluding hydrogens is 286 g/mol. The van der Waals surface area contributed by atoms with Crippen molar-refractivity contribution < 1.29 is 45.4 Å². The predicted octanol–water partition coefficient (Wildman–Crippen LogP) is 2.22. The normalized spacial score (nSPS) is 13.1. The Kier molecular flexibility index (Phi) is 5.22. The van der Waals surface area contributed by atoms with E-state index in [0.717, 1.165) is 13.8 Å². The molecule has 0 saturated carbocycles. The molecule has 0 aliphatic carbocycles. The second kappa shape index (κ2) is 5.66. The third-order valence-electron chi connectivity index (χ3n) is 1.75. The summed E-state index contributed by atoms with van der Waals surface area (Å²) in [5, 5.41) is 0. The van der Waals surface area contributed by atoms with Crippen LogP contribution in [0.3, 0.4) is 0 Å². The molecule has 0 atom stereocenters. The maximum Gasteiger partial charge on any atom is 0.422 e. The SMILES string of the molecule is CC(C)(C(=O)OCC(F)(F)F)C(=O)OCC(F)(F)F. The molecule has 10 heteroatoms. The first kappa shape index (κ1) is 17.5. The van der Waals surface area contributed by atoms with Gasteiger partial charge >= 0.3 is 24.3 Å². The number of alkyl halides is 6. The molecule has 0 rings (SSSR count). The Morgan fingerprint density at radius 2 is 1.05 bits per heavy atom. The Bertz CT molecular complexity index is 312. The Balaban J connectivity index is 4.51. The average molecular weight is 296 g/mol. The van der Waals surface area contributed by atoms with Gasteiger partial charge in [0.15, 0.2) is 18.6 Å². The van der Waals surface area contributed by atoms with Crippen LogP contribution in [0.4, 0.5) is 26.3 Å². The first-order chi connectivity index (χ1) is 8.26. The first-order valence-electron chi connectivity index (χ1n) is 4.73. The van der Waals surface area contributed by atoms with Gasteiger partial charge in [-0.25, -0.2) is 0 Å². The maximum absolute atomic E-state index is 11.8. The molecule has 0 unspecified atom stereocenters. The summed E-state index contributed by atoms with van der Waals surface area (Å²) in [6.07, 6.45) is -9.61. The maximum atomic E-state index is 11.8. The van der Waals surface area contributed by atoms with Crippen LogP contribution in [0.1, 0.15) is 13.8 Å². The van der Waals surface area contributed by atoms with E-state index in [1.165, 1.54) is 0 Å². The van der Waals surface area contributed by atoms with Crippen molar-refractivity contribution in [2.45, 2.75) is 26.2 Å². The van der Waals surface area contributed by atoms with Gasteiger partial charge in [-0.05, 0) is 13.8 Å². The number of hydrogen-bond acceptors (Lipinski definition) is 4. The van der Waals surface area contributed by atoms with Gasteiger partial charge in [0.25, 0.3) is 0 Å². The first-order valence-corrected chi connectivity index (χ1v) is 4.73. The number of hydrogen-bond donors (Lipinski definition) is 0. The summed E-state index contributed by atoms with van der Waals surface area (Å²) < 4.78 is 78.2. The van der Waals surface area contributed by atoms with E-state index < -0.39 is 42.9 Å². The van der Waals surface area contributed by atoms with Crippen LogP contribution < -0.4 is 0 Å². The van der Waals surface area contributed by atoms with Gasteiger partial charge < -0.3 is 9.47 Å². The van der Waals surface area contributed by atoms with Gasteiger partial charge in [-0.15, -0.1) is 0 Å². The molecule has 19 heavy (non-hydrogen) atoms. The lowest BCUT2D eigenvalue weighted by molar-refractivity contribution is -0.204. The van der Waals surface area contributed by atoms with Crippen LogP contribution >= 0.6 is 0 Å². The molecule has 0 bridgehead atoms. The summed E-state index contributed by atoms with van der Waals surface area (Å²) in [4.78, 5) is 22.3. The van der Waals surface area contributed by atoms with Gasteiger partial charge in [0, 0.05) is 0 Å². The van der Waals surface area contributed by atoms with Crippen molar-refractivity contribution in [1.82, 2.24) is 0 Å². The summed E-state index contributed by atoms with van der Waals surface area (Å²) in [5.41, 5.74) is -2.27. The second-order valence-electron chi connectivity index (χ2n) is 4.01. The van der Waals surface area contributed by atoms with Crippen LogP contribution in [0.15, 0.2) is 0 Å². The van der Waals surface area contributed by atoms with E-state index in [1.54, 1.807) is 0 Å². The van der Waals surface area contributed by atoms with E-state index in [0.29, 0.717) is 0 Å². The zero-order chi connectivity index (χ0) is 15.5. The van der Waals surface area contributed by atoms with Crippen molar-refractivity contribution in [2.24, 2.45) is 5.41 Å². The third kappa shape index (κ3) is 6.87. The Morgan fingerprint density at radius 1 is 0.789 bits per heavy atom. The lowest BCUT2D eigenvalue weighted by atomic mass is 9.94. The van der Waals surface area contributed by atoms with Crippen LogP contribution in [0.2, 0.25) is 0 Å². The molecule has 0 radical (unpaired) electrons. The van der Waals surface area contributed by atoms with Gasteiger partial charge in [0.05, 0.1) is 0 Å². The fourth-order valence-electron chi connectivity index (χ4n) is 0.739. The fourth-order valence-corrected chi connectivity index (χ4v) is 0.739. The summed E-state index contributed by atoms with van der Waals surface area (Å²) in [7, 11) is 0. The van der Waals surface area contributed by atoms with Gasteiger partial charge in [-0.3, -0.25) is 9.59 Å². The van der Waals surface area contributed by atoms with Crippen molar-refractivity contribution in [2.75, 3.05) is 13.2 Å². The fraction of sp³-hybridized carbons (Fsp3) is 0.778. The minimum atomic E-state index is -4.80. The molecule has 0 amide bonds. The molecule has 0 aromatic carbocycles. The standard InChI is InChI=1S/C9H10F6O4/c1-7(2,5(16)18-3-8(10,11)12)6(17)19-4-9(13,14)15/h3-4H2,1-2H3. The van der Waals surface area contributed by atoms with Crippen molar-refractivity contribution in [3.63, 3.8) is 0 Å². The molecule has 0 aliphatic rings. The highest BCUT2D eigenvalue weighted by atomic mass is 19.4. The van der Waals surface area contributed by atoms with Crippen molar-refractivity contribution in [1.29, 1.82) is 0 Å². The lowest BCUT2D eigenvalue weighted by Gasteiger charge is -2.21. The van der Waals surface area contributed by atoms with Crippen LogP contribution in [0.5, 0.6) is 0 Å². The number of carbonyl (C=O) groups excluding carboxylic acids is 2. The largest absolute Gasteiger partial charge is 0.455 e. The quantitative estimate of drug-likeness (QED) is 0.453. The topological polar surface area (TPSA) is 52.6 Å². The van der Waals surface area contributed by atoms with Crippen LogP contribution in [0.25, 0.3) is 0 Å². The molecule has 0 aromatic rings. The summed E-state index contributed by atoms with van der Waals surface area (Å²) in [5.74, 6) is -3.26. The number of ether oxygens (including phenoxy) is 2. The van der Waals surface area contributed by atoms with E-state index in [-0.39, 0.29) is 0 Å². The van der Waals surface area contributed by atoms with Crippen molar-refractivity contribution in [3.05, 3.63) is 0 Å². The molecule has 0 fully saturated rings. The number of esters is 2.